The maximum absolute atomic E-state index is 5.90. The van der Waals surface area contributed by atoms with Crippen molar-refractivity contribution in [3.8, 4) is 5.75 Å². The Balaban J connectivity index is 1.83. The van der Waals surface area contributed by atoms with Gasteiger partial charge in [-0.1, -0.05) is 25.1 Å². The molecule has 0 fully saturated rings. The molecule has 2 aromatic rings. The van der Waals surface area contributed by atoms with Gasteiger partial charge in [0.05, 0.1) is 6.61 Å². The van der Waals surface area contributed by atoms with Crippen LogP contribution in [0.5, 0.6) is 5.75 Å². The predicted molar refractivity (Wildman–Crippen MR) is 77.6 cm³/mol. The molecule has 1 aliphatic heterocycles. The Labute approximate surface area is 119 Å². The van der Waals surface area contributed by atoms with Crippen LogP contribution in [-0.4, -0.2) is 23.1 Å². The lowest BCUT2D eigenvalue weighted by atomic mass is 9.87. The van der Waals surface area contributed by atoms with Crippen LogP contribution >= 0.6 is 0 Å². The molecule has 1 N–H and O–H groups in total. The monoisotopic (exact) mass is 269 g/mol. The van der Waals surface area contributed by atoms with Gasteiger partial charge < -0.3 is 10.1 Å². The molecule has 4 heteroatoms. The number of nitrogens with one attached hydrogen (secondary N) is 1. The Morgan fingerprint density at radius 3 is 2.90 bits per heavy atom. The van der Waals surface area contributed by atoms with Gasteiger partial charge in [-0.2, -0.15) is 0 Å². The van der Waals surface area contributed by atoms with Crippen LogP contribution in [0.1, 0.15) is 24.1 Å². The summed E-state index contributed by atoms with van der Waals surface area (Å²) in [6.07, 6.45) is 6.36. The first kappa shape index (κ1) is 13.1. The molecule has 1 aromatic carbocycles. The van der Waals surface area contributed by atoms with E-state index in [1.807, 2.05) is 24.5 Å². The summed E-state index contributed by atoms with van der Waals surface area (Å²) < 4.78 is 5.90. The minimum Gasteiger partial charge on any atom is -0.493 e. The van der Waals surface area contributed by atoms with Crippen LogP contribution in [0.2, 0.25) is 0 Å². The third-order valence-corrected chi connectivity index (χ3v) is 3.74. The maximum atomic E-state index is 5.90. The van der Waals surface area contributed by atoms with Crippen molar-refractivity contribution in [1.82, 2.24) is 15.3 Å². The zero-order valence-electron chi connectivity index (χ0n) is 11.6. The number of nitrogens with zero attached hydrogens (tertiary/aromatic N) is 2. The van der Waals surface area contributed by atoms with Crippen LogP contribution in [0.3, 0.4) is 0 Å². The summed E-state index contributed by atoms with van der Waals surface area (Å²) in [7, 11) is 0. The lowest BCUT2D eigenvalue weighted by Crippen LogP contribution is -2.35. The first-order chi connectivity index (χ1) is 9.88. The van der Waals surface area contributed by atoms with Gasteiger partial charge in [-0.3, -0.25) is 0 Å². The number of fused-ring (bicyclic) bond motifs is 1. The van der Waals surface area contributed by atoms with Gasteiger partial charge in [-0.25, -0.2) is 9.97 Å². The van der Waals surface area contributed by atoms with Gasteiger partial charge in [-0.15, -0.1) is 0 Å². The van der Waals surface area contributed by atoms with E-state index in [1.165, 1.54) is 5.56 Å². The number of benzene rings is 1. The smallest absolute Gasteiger partial charge is 0.122 e. The SMILES string of the molecule is CCNC(c1cncnc1)C1COc2ccccc2C1. The van der Waals surface area contributed by atoms with Crippen molar-refractivity contribution in [3.63, 3.8) is 0 Å². The molecule has 2 heterocycles. The van der Waals surface area contributed by atoms with Crippen molar-refractivity contribution in [2.24, 2.45) is 5.92 Å². The lowest BCUT2D eigenvalue weighted by Gasteiger charge is -2.32. The molecule has 1 aliphatic rings. The van der Waals surface area contributed by atoms with Gasteiger partial charge in [0.1, 0.15) is 12.1 Å². The molecule has 104 valence electrons. The molecule has 0 bridgehead atoms. The first-order valence-corrected chi connectivity index (χ1v) is 7.07. The Bertz CT molecular complexity index is 559. The number of rotatable bonds is 4. The van der Waals surface area contributed by atoms with Crippen molar-refractivity contribution >= 4 is 0 Å². The molecule has 0 spiro atoms. The van der Waals surface area contributed by atoms with Crippen LogP contribution < -0.4 is 10.1 Å². The van der Waals surface area contributed by atoms with E-state index in [-0.39, 0.29) is 6.04 Å². The van der Waals surface area contributed by atoms with E-state index in [1.54, 1.807) is 6.33 Å². The fraction of sp³-hybridized carbons (Fsp3) is 0.375. The number of ether oxygens (including phenoxy) is 1. The zero-order valence-corrected chi connectivity index (χ0v) is 11.6. The summed E-state index contributed by atoms with van der Waals surface area (Å²) in [5.74, 6) is 1.42. The second-order valence-electron chi connectivity index (χ2n) is 5.09. The molecule has 3 rings (SSSR count). The van der Waals surface area contributed by atoms with Crippen molar-refractivity contribution in [3.05, 3.63) is 54.1 Å². The minimum atomic E-state index is 0.231. The maximum Gasteiger partial charge on any atom is 0.122 e. The quantitative estimate of drug-likeness (QED) is 0.925. The Kier molecular flexibility index (Phi) is 3.92. The average Bonchev–Trinajstić information content (AvgIpc) is 2.53. The number of aromatic nitrogens is 2. The van der Waals surface area contributed by atoms with E-state index in [9.17, 15) is 0 Å². The minimum absolute atomic E-state index is 0.231. The van der Waals surface area contributed by atoms with E-state index in [4.69, 9.17) is 4.74 Å². The van der Waals surface area contributed by atoms with Gasteiger partial charge in [0.25, 0.3) is 0 Å². The second-order valence-corrected chi connectivity index (χ2v) is 5.09. The third kappa shape index (κ3) is 2.65. The summed E-state index contributed by atoms with van der Waals surface area (Å²) in [5, 5.41) is 3.54. The van der Waals surface area contributed by atoms with Crippen molar-refractivity contribution in [2.45, 2.75) is 19.4 Å². The highest BCUT2D eigenvalue weighted by Crippen LogP contribution is 2.33. The van der Waals surface area contributed by atoms with Crippen LogP contribution in [0, 0.1) is 5.92 Å². The molecule has 0 saturated carbocycles. The summed E-state index contributed by atoms with van der Waals surface area (Å²) in [6.45, 7) is 3.76. The van der Waals surface area contributed by atoms with Crippen molar-refractivity contribution in [1.29, 1.82) is 0 Å². The molecule has 0 amide bonds. The fourth-order valence-corrected chi connectivity index (χ4v) is 2.81. The Morgan fingerprint density at radius 2 is 2.10 bits per heavy atom. The topological polar surface area (TPSA) is 47.0 Å². The van der Waals surface area contributed by atoms with Crippen LogP contribution in [0.25, 0.3) is 0 Å². The molecule has 0 aliphatic carbocycles. The fourth-order valence-electron chi connectivity index (χ4n) is 2.81. The third-order valence-electron chi connectivity index (χ3n) is 3.74. The highest BCUT2D eigenvalue weighted by Gasteiger charge is 2.28. The molecule has 0 saturated heterocycles. The van der Waals surface area contributed by atoms with Gasteiger partial charge in [-0.05, 0) is 24.6 Å². The van der Waals surface area contributed by atoms with E-state index in [2.05, 4.69) is 34.3 Å². The van der Waals surface area contributed by atoms with Crippen molar-refractivity contribution < 1.29 is 4.74 Å². The van der Waals surface area contributed by atoms with Crippen LogP contribution in [-0.2, 0) is 6.42 Å². The Morgan fingerprint density at radius 1 is 1.30 bits per heavy atom. The average molecular weight is 269 g/mol. The highest BCUT2D eigenvalue weighted by molar-refractivity contribution is 5.35. The highest BCUT2D eigenvalue weighted by atomic mass is 16.5. The molecule has 2 unspecified atom stereocenters. The normalized spacial score (nSPS) is 18.9. The van der Waals surface area contributed by atoms with Gasteiger partial charge in [0.15, 0.2) is 0 Å². The molecule has 0 radical (unpaired) electrons. The Hall–Kier alpha value is -1.94. The summed E-state index contributed by atoms with van der Waals surface area (Å²) in [5.41, 5.74) is 2.41. The predicted octanol–water partition coefficient (Wildman–Crippen LogP) is 2.38. The zero-order chi connectivity index (χ0) is 13.8. The summed E-state index contributed by atoms with van der Waals surface area (Å²) >= 11 is 0. The van der Waals surface area contributed by atoms with Gasteiger partial charge in [0.2, 0.25) is 0 Å². The second kappa shape index (κ2) is 6.01. The summed E-state index contributed by atoms with van der Waals surface area (Å²) in [4.78, 5) is 8.27. The van der Waals surface area contributed by atoms with Crippen LogP contribution in [0.4, 0.5) is 0 Å². The van der Waals surface area contributed by atoms with Crippen molar-refractivity contribution in [2.75, 3.05) is 13.2 Å². The number of hydrogen-bond acceptors (Lipinski definition) is 4. The number of hydrogen-bond donors (Lipinski definition) is 1. The molecular weight excluding hydrogens is 250 g/mol. The van der Waals surface area contributed by atoms with Gasteiger partial charge >= 0.3 is 0 Å². The molecule has 4 nitrogen and oxygen atoms in total. The van der Waals surface area contributed by atoms with E-state index in [0.29, 0.717) is 5.92 Å². The molecule has 2 atom stereocenters. The van der Waals surface area contributed by atoms with E-state index < -0.39 is 0 Å². The van der Waals surface area contributed by atoms with E-state index >= 15 is 0 Å². The number of para-hydroxylation sites is 1. The van der Waals surface area contributed by atoms with E-state index in [0.717, 1.165) is 30.9 Å². The lowest BCUT2D eigenvalue weighted by molar-refractivity contribution is 0.185. The largest absolute Gasteiger partial charge is 0.493 e. The molecular formula is C16H19N3O. The first-order valence-electron chi connectivity index (χ1n) is 7.07. The van der Waals surface area contributed by atoms with Crippen LogP contribution in [0.15, 0.2) is 43.0 Å². The standard InChI is InChI=1S/C16H19N3O/c1-2-19-16(14-8-17-11-18-9-14)13-7-12-5-3-4-6-15(12)20-10-13/h3-6,8-9,11,13,16,19H,2,7,10H2,1H3. The van der Waals surface area contributed by atoms with Gasteiger partial charge in [0, 0.05) is 29.9 Å². The molecule has 1 aromatic heterocycles. The molecule has 20 heavy (non-hydrogen) atoms. The summed E-state index contributed by atoms with van der Waals surface area (Å²) in [6, 6.07) is 8.50.